The number of aromatic nitrogens is 1. The Bertz CT molecular complexity index is 1010. The molecule has 2 aromatic rings. The maximum absolute atomic E-state index is 10.1. The average Bonchev–Trinajstić information content (AvgIpc) is 3.21. The van der Waals surface area contributed by atoms with Crippen molar-refractivity contribution < 1.29 is 5.11 Å². The van der Waals surface area contributed by atoms with Crippen LogP contribution in [-0.2, 0) is 6.54 Å². The molecule has 1 saturated heterocycles. The lowest BCUT2D eigenvalue weighted by Crippen LogP contribution is -2.43. The molecule has 7 nitrogen and oxygen atoms in total. The van der Waals surface area contributed by atoms with Gasteiger partial charge in [0.2, 0.25) is 5.96 Å². The van der Waals surface area contributed by atoms with Crippen molar-refractivity contribution in [2.75, 3.05) is 39.8 Å². The van der Waals surface area contributed by atoms with Crippen molar-refractivity contribution >= 4 is 18.4 Å². The monoisotopic (exact) mass is 492 g/mol. The highest BCUT2D eigenvalue weighted by Gasteiger charge is 2.26. The number of hydrogen-bond acceptors (Lipinski definition) is 4. The van der Waals surface area contributed by atoms with E-state index in [-0.39, 0.29) is 6.10 Å². The molecule has 0 spiro atoms. The van der Waals surface area contributed by atoms with E-state index in [1.807, 2.05) is 0 Å². The first-order valence-corrected chi connectivity index (χ1v) is 13.7. The number of aliphatic imine (C=N–C) groups is 2. The molecular weight excluding hydrogens is 448 g/mol. The maximum atomic E-state index is 10.1. The third kappa shape index (κ3) is 6.64. The summed E-state index contributed by atoms with van der Waals surface area (Å²) in [5.74, 6) is 0.981. The summed E-state index contributed by atoms with van der Waals surface area (Å²) in [7, 11) is 2.20. The summed E-state index contributed by atoms with van der Waals surface area (Å²) >= 11 is 0. The normalized spacial score (nSPS) is 22.1. The molecule has 7 heteroatoms. The van der Waals surface area contributed by atoms with E-state index < -0.39 is 0 Å². The van der Waals surface area contributed by atoms with Crippen molar-refractivity contribution in [3.05, 3.63) is 47.3 Å². The molecule has 0 radical (unpaired) electrons. The van der Waals surface area contributed by atoms with E-state index in [2.05, 4.69) is 82.8 Å². The Labute approximate surface area is 216 Å². The van der Waals surface area contributed by atoms with E-state index in [0.29, 0.717) is 11.9 Å². The number of nitrogens with one attached hydrogen (secondary N) is 1. The van der Waals surface area contributed by atoms with Gasteiger partial charge in [-0.2, -0.15) is 0 Å². The van der Waals surface area contributed by atoms with Crippen molar-refractivity contribution in [2.24, 2.45) is 9.98 Å². The average molecular weight is 493 g/mol. The Morgan fingerprint density at radius 2 is 1.78 bits per heavy atom. The number of piperazine rings is 1. The molecule has 2 aliphatic rings. The summed E-state index contributed by atoms with van der Waals surface area (Å²) in [6.45, 7) is 14.4. The smallest absolute Gasteiger partial charge is 0.222 e. The van der Waals surface area contributed by atoms with E-state index in [0.717, 1.165) is 94.9 Å². The minimum Gasteiger partial charge on any atom is -0.393 e. The summed E-state index contributed by atoms with van der Waals surface area (Å²) in [6.07, 6.45) is 7.94. The lowest BCUT2D eigenvalue weighted by atomic mass is 9.83. The summed E-state index contributed by atoms with van der Waals surface area (Å²) < 4.78 is 2.27. The topological polar surface area (TPSA) is 68.4 Å². The number of aliphatic hydroxyl groups excluding tert-OH is 1. The summed E-state index contributed by atoms with van der Waals surface area (Å²) in [6, 6.07) is 8.98. The second kappa shape index (κ2) is 12.7. The van der Waals surface area contributed by atoms with Gasteiger partial charge in [-0.3, -0.25) is 4.90 Å². The molecule has 2 heterocycles. The molecule has 1 aliphatic carbocycles. The standard InChI is InChI=1S/C29H44N6O/c1-5-6-15-31-29(30-3)32-28-22(2)35(21-27(28)24-9-13-26(36)14-10-24)25-11-7-23(8-12-25)20-34-18-16-33(4)17-19-34/h7-8,11-12,21,24,26,36H,3,5-6,9-10,13-20H2,1-2,4H3,(H,31,32). The molecule has 1 aromatic carbocycles. The van der Waals surface area contributed by atoms with Crippen molar-refractivity contribution in [3.8, 4) is 5.69 Å². The third-order valence-electron chi connectivity index (χ3n) is 7.78. The van der Waals surface area contributed by atoms with E-state index >= 15 is 0 Å². The van der Waals surface area contributed by atoms with Crippen LogP contribution in [0.2, 0.25) is 0 Å². The number of hydrogen-bond donors (Lipinski definition) is 2. The Kier molecular flexibility index (Phi) is 9.35. The number of nitrogens with zero attached hydrogens (tertiary/aromatic N) is 5. The summed E-state index contributed by atoms with van der Waals surface area (Å²) in [4.78, 5) is 14.1. The van der Waals surface area contributed by atoms with Crippen LogP contribution < -0.4 is 5.32 Å². The quantitative estimate of drug-likeness (QED) is 0.320. The van der Waals surface area contributed by atoms with Crippen LogP contribution >= 0.6 is 0 Å². The van der Waals surface area contributed by atoms with Crippen LogP contribution in [0, 0.1) is 6.92 Å². The molecule has 0 amide bonds. The van der Waals surface area contributed by atoms with E-state index in [9.17, 15) is 5.11 Å². The molecular formula is C29H44N6O. The fourth-order valence-electron chi connectivity index (χ4n) is 5.36. The first-order chi connectivity index (χ1) is 17.5. The lowest BCUT2D eigenvalue weighted by Gasteiger charge is -2.32. The maximum Gasteiger partial charge on any atom is 0.222 e. The van der Waals surface area contributed by atoms with Gasteiger partial charge >= 0.3 is 0 Å². The van der Waals surface area contributed by atoms with Gasteiger partial charge in [0.1, 0.15) is 0 Å². The first kappa shape index (κ1) is 26.6. The van der Waals surface area contributed by atoms with Crippen molar-refractivity contribution in [2.45, 2.75) is 70.9 Å². The zero-order valence-corrected chi connectivity index (χ0v) is 22.4. The van der Waals surface area contributed by atoms with Crippen LogP contribution in [0.25, 0.3) is 5.69 Å². The molecule has 0 atom stereocenters. The fourth-order valence-corrected chi connectivity index (χ4v) is 5.36. The second-order valence-corrected chi connectivity index (χ2v) is 10.5. The predicted molar refractivity (Wildman–Crippen MR) is 150 cm³/mol. The Balaban J connectivity index is 1.59. The molecule has 2 N–H and O–H groups in total. The number of guanidine groups is 1. The van der Waals surface area contributed by atoms with E-state index in [1.165, 1.54) is 11.1 Å². The Morgan fingerprint density at radius 3 is 2.42 bits per heavy atom. The minimum absolute atomic E-state index is 0.176. The molecule has 0 bridgehead atoms. The first-order valence-electron chi connectivity index (χ1n) is 13.7. The summed E-state index contributed by atoms with van der Waals surface area (Å²) in [5.41, 5.74) is 5.86. The van der Waals surface area contributed by atoms with Gasteiger partial charge < -0.3 is 19.9 Å². The molecule has 1 saturated carbocycles. The largest absolute Gasteiger partial charge is 0.393 e. The van der Waals surface area contributed by atoms with Crippen molar-refractivity contribution in [1.29, 1.82) is 0 Å². The number of aliphatic hydroxyl groups is 1. The van der Waals surface area contributed by atoms with Crippen LogP contribution in [-0.4, -0.2) is 78.0 Å². The van der Waals surface area contributed by atoms with Gasteiger partial charge in [0.25, 0.3) is 0 Å². The molecule has 36 heavy (non-hydrogen) atoms. The van der Waals surface area contributed by atoms with Gasteiger partial charge in [0.05, 0.1) is 11.8 Å². The predicted octanol–water partition coefficient (Wildman–Crippen LogP) is 4.63. The van der Waals surface area contributed by atoms with Crippen molar-refractivity contribution in [1.82, 2.24) is 19.7 Å². The Morgan fingerprint density at radius 1 is 1.08 bits per heavy atom. The fraction of sp³-hybridized carbons (Fsp3) is 0.586. The van der Waals surface area contributed by atoms with Crippen LogP contribution in [0.15, 0.2) is 40.4 Å². The second-order valence-electron chi connectivity index (χ2n) is 10.5. The molecule has 1 aromatic heterocycles. The summed E-state index contributed by atoms with van der Waals surface area (Å²) in [5, 5.41) is 13.4. The molecule has 2 fully saturated rings. The third-order valence-corrected chi connectivity index (χ3v) is 7.78. The van der Waals surface area contributed by atoms with Crippen LogP contribution in [0.3, 0.4) is 0 Å². The van der Waals surface area contributed by atoms with Crippen LogP contribution in [0.1, 0.15) is 68.2 Å². The zero-order chi connectivity index (χ0) is 25.5. The molecule has 0 unspecified atom stereocenters. The van der Waals surface area contributed by atoms with Gasteiger partial charge in [-0.1, -0.05) is 25.5 Å². The number of likely N-dealkylation sites (N-methyl/N-ethyl adjacent to an activating group) is 1. The number of rotatable bonds is 8. The van der Waals surface area contributed by atoms with Crippen molar-refractivity contribution in [3.63, 3.8) is 0 Å². The highest BCUT2D eigenvalue weighted by molar-refractivity contribution is 5.87. The minimum atomic E-state index is -0.176. The van der Waals surface area contributed by atoms with Crippen LogP contribution in [0.5, 0.6) is 0 Å². The van der Waals surface area contributed by atoms with Gasteiger partial charge in [-0.15, -0.1) is 0 Å². The van der Waals surface area contributed by atoms with Gasteiger partial charge in [-0.05, 0) is 82.0 Å². The van der Waals surface area contributed by atoms with E-state index in [1.54, 1.807) is 0 Å². The highest BCUT2D eigenvalue weighted by Crippen LogP contribution is 2.41. The molecule has 196 valence electrons. The van der Waals surface area contributed by atoms with Gasteiger partial charge in [-0.25, -0.2) is 9.98 Å². The number of benzene rings is 1. The number of unbranched alkanes of at least 4 members (excludes halogenated alkanes) is 1. The molecule has 4 rings (SSSR count). The lowest BCUT2D eigenvalue weighted by molar-refractivity contribution is 0.122. The van der Waals surface area contributed by atoms with Crippen LogP contribution in [0.4, 0.5) is 5.69 Å². The SMILES string of the molecule is C=N/C(=N\c1c(C2CCC(O)CC2)cn(-c2ccc(CN3CCN(C)CC3)cc2)c1C)NCCCC. The Hall–Kier alpha value is -2.48. The van der Waals surface area contributed by atoms with Gasteiger partial charge in [0.15, 0.2) is 0 Å². The van der Waals surface area contributed by atoms with E-state index in [4.69, 9.17) is 4.99 Å². The molecule has 1 aliphatic heterocycles. The van der Waals surface area contributed by atoms with Gasteiger partial charge in [0, 0.05) is 56.8 Å². The highest BCUT2D eigenvalue weighted by atomic mass is 16.3. The zero-order valence-electron chi connectivity index (χ0n) is 22.4.